The summed E-state index contributed by atoms with van der Waals surface area (Å²) in [5, 5.41) is 3.63. The van der Waals surface area contributed by atoms with E-state index in [1.807, 2.05) is 11.8 Å². The standard InChI is InChI=1S/C13H29NS/c1-6-8-12(9-7-10-15-5)11-14-13(2,3)4/h12,14H,6-11H2,1-5H3. The third-order valence-electron chi connectivity index (χ3n) is 2.58. The molecule has 0 radical (unpaired) electrons. The quantitative estimate of drug-likeness (QED) is 0.635. The Morgan fingerprint density at radius 2 is 1.87 bits per heavy atom. The Kier molecular flexibility index (Phi) is 8.64. The van der Waals surface area contributed by atoms with Crippen molar-refractivity contribution in [3.05, 3.63) is 0 Å². The Labute approximate surface area is 101 Å². The second-order valence-corrected chi connectivity index (χ2v) is 6.41. The van der Waals surface area contributed by atoms with Gasteiger partial charge in [-0.25, -0.2) is 0 Å². The zero-order valence-electron chi connectivity index (χ0n) is 11.2. The summed E-state index contributed by atoms with van der Waals surface area (Å²) in [6, 6.07) is 0. The average molecular weight is 231 g/mol. The number of rotatable bonds is 8. The van der Waals surface area contributed by atoms with Gasteiger partial charge in [0.25, 0.3) is 0 Å². The van der Waals surface area contributed by atoms with Crippen molar-refractivity contribution in [3.8, 4) is 0 Å². The molecule has 0 aromatic rings. The smallest absolute Gasteiger partial charge is 0.00966 e. The van der Waals surface area contributed by atoms with Crippen LogP contribution in [0.5, 0.6) is 0 Å². The molecule has 0 aliphatic heterocycles. The Bertz CT molecular complexity index is 140. The predicted molar refractivity (Wildman–Crippen MR) is 73.8 cm³/mol. The number of hydrogen-bond acceptors (Lipinski definition) is 2. The van der Waals surface area contributed by atoms with E-state index in [1.54, 1.807) is 0 Å². The summed E-state index contributed by atoms with van der Waals surface area (Å²) in [7, 11) is 0. The van der Waals surface area contributed by atoms with Crippen molar-refractivity contribution in [3.63, 3.8) is 0 Å². The van der Waals surface area contributed by atoms with E-state index in [0.29, 0.717) is 0 Å². The van der Waals surface area contributed by atoms with Crippen molar-refractivity contribution in [1.82, 2.24) is 5.32 Å². The van der Waals surface area contributed by atoms with E-state index >= 15 is 0 Å². The van der Waals surface area contributed by atoms with Gasteiger partial charge in [0.15, 0.2) is 0 Å². The van der Waals surface area contributed by atoms with Crippen LogP contribution in [0.2, 0.25) is 0 Å². The average Bonchev–Trinajstić information content (AvgIpc) is 2.13. The number of thioether (sulfide) groups is 1. The fourth-order valence-corrected chi connectivity index (χ4v) is 2.18. The van der Waals surface area contributed by atoms with E-state index in [2.05, 4.69) is 39.3 Å². The molecule has 1 atom stereocenters. The van der Waals surface area contributed by atoms with E-state index in [4.69, 9.17) is 0 Å². The van der Waals surface area contributed by atoms with Crippen molar-refractivity contribution < 1.29 is 0 Å². The van der Waals surface area contributed by atoms with Gasteiger partial charge in [-0.2, -0.15) is 11.8 Å². The molecule has 0 bridgehead atoms. The van der Waals surface area contributed by atoms with Crippen molar-refractivity contribution in [2.24, 2.45) is 5.92 Å². The highest BCUT2D eigenvalue weighted by Crippen LogP contribution is 2.15. The summed E-state index contributed by atoms with van der Waals surface area (Å²) >= 11 is 1.96. The monoisotopic (exact) mass is 231 g/mol. The van der Waals surface area contributed by atoms with Gasteiger partial charge in [-0.15, -0.1) is 0 Å². The van der Waals surface area contributed by atoms with Gasteiger partial charge in [-0.05, 0) is 64.5 Å². The van der Waals surface area contributed by atoms with Crippen LogP contribution >= 0.6 is 11.8 Å². The maximum Gasteiger partial charge on any atom is 0.00966 e. The Hall–Kier alpha value is 0.310. The van der Waals surface area contributed by atoms with Crippen molar-refractivity contribution in [2.45, 2.75) is 58.9 Å². The lowest BCUT2D eigenvalue weighted by atomic mass is 9.97. The van der Waals surface area contributed by atoms with E-state index in [-0.39, 0.29) is 5.54 Å². The highest BCUT2D eigenvalue weighted by molar-refractivity contribution is 7.98. The Morgan fingerprint density at radius 1 is 1.20 bits per heavy atom. The van der Waals surface area contributed by atoms with Crippen molar-refractivity contribution in [2.75, 3.05) is 18.6 Å². The van der Waals surface area contributed by atoms with Crippen LogP contribution in [0.4, 0.5) is 0 Å². The molecule has 0 amide bonds. The molecule has 0 heterocycles. The normalized spacial score (nSPS) is 14.2. The van der Waals surface area contributed by atoms with Crippen LogP contribution in [0.15, 0.2) is 0 Å². The molecule has 15 heavy (non-hydrogen) atoms. The summed E-state index contributed by atoms with van der Waals surface area (Å²) in [5.74, 6) is 2.19. The molecule has 1 nitrogen and oxygen atoms in total. The van der Waals surface area contributed by atoms with E-state index in [9.17, 15) is 0 Å². The van der Waals surface area contributed by atoms with Crippen LogP contribution < -0.4 is 5.32 Å². The molecule has 1 N–H and O–H groups in total. The zero-order valence-corrected chi connectivity index (χ0v) is 12.0. The second-order valence-electron chi connectivity index (χ2n) is 5.42. The van der Waals surface area contributed by atoms with Gasteiger partial charge < -0.3 is 5.32 Å². The van der Waals surface area contributed by atoms with Crippen LogP contribution in [0.1, 0.15) is 53.4 Å². The molecule has 0 fully saturated rings. The van der Waals surface area contributed by atoms with Gasteiger partial charge in [-0.1, -0.05) is 13.3 Å². The summed E-state index contributed by atoms with van der Waals surface area (Å²) in [5.41, 5.74) is 0.269. The van der Waals surface area contributed by atoms with E-state index in [0.717, 1.165) is 5.92 Å². The second kappa shape index (κ2) is 8.46. The first-order valence-electron chi connectivity index (χ1n) is 6.23. The minimum atomic E-state index is 0.269. The van der Waals surface area contributed by atoms with Crippen LogP contribution in [-0.2, 0) is 0 Å². The predicted octanol–water partition coefficient (Wildman–Crippen LogP) is 3.93. The van der Waals surface area contributed by atoms with E-state index in [1.165, 1.54) is 38.0 Å². The van der Waals surface area contributed by atoms with Gasteiger partial charge >= 0.3 is 0 Å². The molecule has 0 aliphatic carbocycles. The fourth-order valence-electron chi connectivity index (χ4n) is 1.72. The lowest BCUT2D eigenvalue weighted by molar-refractivity contribution is 0.342. The first-order chi connectivity index (χ1) is 6.99. The van der Waals surface area contributed by atoms with Gasteiger partial charge in [0.05, 0.1) is 0 Å². The zero-order chi connectivity index (χ0) is 11.7. The molecule has 0 aliphatic rings. The minimum Gasteiger partial charge on any atom is -0.312 e. The first kappa shape index (κ1) is 15.3. The topological polar surface area (TPSA) is 12.0 Å². The molecule has 2 heteroatoms. The van der Waals surface area contributed by atoms with Crippen molar-refractivity contribution >= 4 is 11.8 Å². The fraction of sp³-hybridized carbons (Fsp3) is 1.00. The summed E-state index contributed by atoms with van der Waals surface area (Å²) < 4.78 is 0. The van der Waals surface area contributed by atoms with Gasteiger partial charge in [0.1, 0.15) is 0 Å². The van der Waals surface area contributed by atoms with Crippen LogP contribution in [0, 0.1) is 5.92 Å². The van der Waals surface area contributed by atoms with Gasteiger partial charge in [-0.3, -0.25) is 0 Å². The highest BCUT2D eigenvalue weighted by atomic mass is 32.2. The molecule has 1 unspecified atom stereocenters. The SMILES string of the molecule is CCCC(CCCSC)CNC(C)(C)C. The summed E-state index contributed by atoms with van der Waals surface area (Å²) in [6.45, 7) is 10.2. The maximum atomic E-state index is 3.63. The molecule has 0 aromatic carbocycles. The lowest BCUT2D eigenvalue weighted by Gasteiger charge is -2.25. The van der Waals surface area contributed by atoms with E-state index < -0.39 is 0 Å². The van der Waals surface area contributed by atoms with Crippen molar-refractivity contribution in [1.29, 1.82) is 0 Å². The summed E-state index contributed by atoms with van der Waals surface area (Å²) in [4.78, 5) is 0. The number of hydrogen-bond donors (Lipinski definition) is 1. The van der Waals surface area contributed by atoms with Crippen LogP contribution in [0.25, 0.3) is 0 Å². The third kappa shape index (κ3) is 10.6. The first-order valence-corrected chi connectivity index (χ1v) is 7.63. The molecular weight excluding hydrogens is 202 g/mol. The summed E-state index contributed by atoms with van der Waals surface area (Å²) in [6.07, 6.45) is 7.64. The van der Waals surface area contributed by atoms with Gasteiger partial charge in [0, 0.05) is 5.54 Å². The number of nitrogens with one attached hydrogen (secondary N) is 1. The molecule has 0 spiro atoms. The minimum absolute atomic E-state index is 0.269. The third-order valence-corrected chi connectivity index (χ3v) is 3.28. The molecule has 0 rings (SSSR count). The molecular formula is C13H29NS. The molecule has 0 aromatic heterocycles. The Balaban J connectivity index is 3.72. The van der Waals surface area contributed by atoms with Crippen LogP contribution in [0.3, 0.4) is 0 Å². The van der Waals surface area contributed by atoms with Gasteiger partial charge in [0.2, 0.25) is 0 Å². The molecule has 0 saturated carbocycles. The van der Waals surface area contributed by atoms with Crippen LogP contribution in [-0.4, -0.2) is 24.1 Å². The highest BCUT2D eigenvalue weighted by Gasteiger charge is 2.13. The lowest BCUT2D eigenvalue weighted by Crippen LogP contribution is -2.39. The Morgan fingerprint density at radius 3 is 2.33 bits per heavy atom. The molecule has 0 saturated heterocycles. The maximum absolute atomic E-state index is 3.63. The molecule has 92 valence electrons. The largest absolute Gasteiger partial charge is 0.312 e.